The highest BCUT2D eigenvalue weighted by Crippen LogP contribution is 2.32. The summed E-state index contributed by atoms with van der Waals surface area (Å²) in [5.41, 5.74) is 1.20. The molecule has 2 aromatic rings. The molecule has 1 aromatic heterocycles. The van der Waals surface area contributed by atoms with E-state index in [-0.39, 0.29) is 17.9 Å². The predicted molar refractivity (Wildman–Crippen MR) is 109 cm³/mol. The SMILES string of the molecule is O=C1CSc2ccc(C(=O)N3CCC(NS(=O)(=O)c4cccs4)CC3)cc2N1. The number of sulfonamides is 1. The molecule has 10 heteroatoms. The zero-order chi connectivity index (χ0) is 19.7. The Morgan fingerprint density at radius 2 is 2.00 bits per heavy atom. The van der Waals surface area contributed by atoms with Crippen molar-refractivity contribution in [3.8, 4) is 0 Å². The molecule has 2 aliphatic heterocycles. The average molecular weight is 438 g/mol. The Morgan fingerprint density at radius 1 is 1.21 bits per heavy atom. The second kappa shape index (κ2) is 7.86. The Kier molecular flexibility index (Phi) is 5.46. The Balaban J connectivity index is 1.38. The molecule has 2 amide bonds. The molecule has 4 rings (SSSR count). The lowest BCUT2D eigenvalue weighted by Crippen LogP contribution is -2.46. The van der Waals surface area contributed by atoms with Crippen LogP contribution in [0.3, 0.4) is 0 Å². The van der Waals surface area contributed by atoms with Crippen LogP contribution in [-0.2, 0) is 14.8 Å². The van der Waals surface area contributed by atoms with Crippen LogP contribution in [-0.4, -0.2) is 50.0 Å². The molecule has 0 bridgehead atoms. The van der Waals surface area contributed by atoms with Crippen molar-refractivity contribution in [3.63, 3.8) is 0 Å². The van der Waals surface area contributed by atoms with Crippen molar-refractivity contribution in [1.29, 1.82) is 0 Å². The summed E-state index contributed by atoms with van der Waals surface area (Å²) in [5.74, 6) is 0.211. The molecule has 7 nitrogen and oxygen atoms in total. The average Bonchev–Trinajstić information content (AvgIpc) is 3.23. The summed E-state index contributed by atoms with van der Waals surface area (Å²) in [5, 5.41) is 4.53. The minimum atomic E-state index is -3.50. The first-order chi connectivity index (χ1) is 13.4. The molecule has 0 radical (unpaired) electrons. The minimum absolute atomic E-state index is 0.0686. The third-order valence-electron chi connectivity index (χ3n) is 4.72. The molecule has 0 spiro atoms. The largest absolute Gasteiger partial charge is 0.339 e. The van der Waals surface area contributed by atoms with E-state index >= 15 is 0 Å². The van der Waals surface area contributed by atoms with E-state index in [0.717, 1.165) is 4.90 Å². The topological polar surface area (TPSA) is 95.6 Å². The van der Waals surface area contributed by atoms with Gasteiger partial charge < -0.3 is 10.2 Å². The van der Waals surface area contributed by atoms with E-state index in [1.807, 2.05) is 6.07 Å². The normalized spacial score (nSPS) is 17.9. The first-order valence-corrected chi connectivity index (χ1v) is 12.2. The van der Waals surface area contributed by atoms with Crippen LogP contribution >= 0.6 is 23.1 Å². The molecule has 3 heterocycles. The fourth-order valence-corrected chi connectivity index (χ4v) is 6.40. The first kappa shape index (κ1) is 19.4. The molecule has 0 unspecified atom stereocenters. The Labute approximate surface area is 171 Å². The molecular weight excluding hydrogens is 418 g/mol. The maximum Gasteiger partial charge on any atom is 0.253 e. The van der Waals surface area contributed by atoms with E-state index in [1.165, 1.54) is 23.1 Å². The Morgan fingerprint density at radius 3 is 2.71 bits per heavy atom. The molecule has 0 atom stereocenters. The first-order valence-electron chi connectivity index (χ1n) is 8.84. The van der Waals surface area contributed by atoms with E-state index in [0.29, 0.717) is 47.1 Å². The van der Waals surface area contributed by atoms with Gasteiger partial charge in [0.25, 0.3) is 5.91 Å². The smallest absolute Gasteiger partial charge is 0.253 e. The summed E-state index contributed by atoms with van der Waals surface area (Å²) in [4.78, 5) is 27.1. The van der Waals surface area contributed by atoms with Gasteiger partial charge in [-0.3, -0.25) is 9.59 Å². The summed E-state index contributed by atoms with van der Waals surface area (Å²) in [6.45, 7) is 0.962. The molecular formula is C18H19N3O4S3. The molecule has 1 fully saturated rings. The number of nitrogens with zero attached hydrogens (tertiary/aromatic N) is 1. The lowest BCUT2D eigenvalue weighted by molar-refractivity contribution is -0.113. The number of anilines is 1. The molecule has 0 aliphatic carbocycles. The molecule has 2 N–H and O–H groups in total. The van der Waals surface area contributed by atoms with Gasteiger partial charge in [0, 0.05) is 29.6 Å². The summed E-state index contributed by atoms with van der Waals surface area (Å²) < 4.78 is 27.7. The van der Waals surface area contributed by atoms with Crippen molar-refractivity contribution in [2.24, 2.45) is 0 Å². The lowest BCUT2D eigenvalue weighted by Gasteiger charge is -2.32. The molecule has 28 heavy (non-hydrogen) atoms. The number of carbonyl (C=O) groups is 2. The molecule has 148 valence electrons. The number of carbonyl (C=O) groups excluding carboxylic acids is 2. The number of benzene rings is 1. The van der Waals surface area contributed by atoms with Crippen molar-refractivity contribution in [1.82, 2.24) is 9.62 Å². The van der Waals surface area contributed by atoms with Crippen LogP contribution in [0.25, 0.3) is 0 Å². The van der Waals surface area contributed by atoms with Crippen LogP contribution in [0.15, 0.2) is 44.8 Å². The van der Waals surface area contributed by atoms with Crippen LogP contribution in [0.2, 0.25) is 0 Å². The highest BCUT2D eigenvalue weighted by atomic mass is 32.2. The maximum absolute atomic E-state index is 12.8. The maximum atomic E-state index is 12.8. The number of rotatable bonds is 4. The van der Waals surface area contributed by atoms with E-state index in [2.05, 4.69) is 10.0 Å². The molecule has 1 saturated heterocycles. The van der Waals surface area contributed by atoms with Crippen molar-refractivity contribution in [2.75, 3.05) is 24.2 Å². The monoisotopic (exact) mass is 437 g/mol. The van der Waals surface area contributed by atoms with E-state index in [1.54, 1.807) is 34.5 Å². The summed E-state index contributed by atoms with van der Waals surface area (Å²) in [6.07, 6.45) is 1.13. The number of hydrogen-bond acceptors (Lipinski definition) is 6. The van der Waals surface area contributed by atoms with Gasteiger partial charge in [-0.25, -0.2) is 13.1 Å². The summed E-state index contributed by atoms with van der Waals surface area (Å²) >= 11 is 2.64. The Hall–Kier alpha value is -1.88. The van der Waals surface area contributed by atoms with Crippen molar-refractivity contribution < 1.29 is 18.0 Å². The summed E-state index contributed by atoms with van der Waals surface area (Å²) in [7, 11) is -3.50. The van der Waals surface area contributed by atoms with E-state index in [4.69, 9.17) is 0 Å². The molecule has 1 aromatic carbocycles. The van der Waals surface area contributed by atoms with Crippen LogP contribution in [0.5, 0.6) is 0 Å². The number of hydrogen-bond donors (Lipinski definition) is 2. The lowest BCUT2D eigenvalue weighted by atomic mass is 10.0. The number of likely N-dealkylation sites (tertiary alicyclic amines) is 1. The minimum Gasteiger partial charge on any atom is -0.339 e. The number of amides is 2. The standard InChI is InChI=1S/C18H19N3O4S3/c22-16-11-27-15-4-3-12(10-14(15)19-16)18(23)21-7-5-13(6-8-21)20-28(24,25)17-2-1-9-26-17/h1-4,9-10,13,20H,5-8,11H2,(H,19,22). The number of thioether (sulfide) groups is 1. The number of nitrogens with one attached hydrogen (secondary N) is 2. The number of fused-ring (bicyclic) bond motifs is 1. The van der Waals surface area contributed by atoms with Crippen LogP contribution in [0.1, 0.15) is 23.2 Å². The van der Waals surface area contributed by atoms with Gasteiger partial charge >= 0.3 is 0 Å². The zero-order valence-corrected chi connectivity index (χ0v) is 17.3. The van der Waals surface area contributed by atoms with E-state index < -0.39 is 10.0 Å². The van der Waals surface area contributed by atoms with Gasteiger partial charge in [0.2, 0.25) is 15.9 Å². The summed E-state index contributed by atoms with van der Waals surface area (Å²) in [6, 6.07) is 8.45. The molecule has 0 saturated carbocycles. The van der Waals surface area contributed by atoms with Crippen molar-refractivity contribution in [2.45, 2.75) is 28.0 Å². The molecule has 2 aliphatic rings. The second-order valence-corrected chi connectivity index (χ2v) is 10.6. The van der Waals surface area contributed by atoms with Crippen LogP contribution < -0.4 is 10.0 Å². The van der Waals surface area contributed by atoms with Gasteiger partial charge in [-0.2, -0.15) is 0 Å². The number of thiophene rings is 1. The third-order valence-corrected chi connectivity index (χ3v) is 8.71. The predicted octanol–water partition coefficient (Wildman–Crippen LogP) is 2.38. The second-order valence-electron chi connectivity index (χ2n) is 6.67. The quantitative estimate of drug-likeness (QED) is 0.766. The van der Waals surface area contributed by atoms with Gasteiger partial charge in [0.1, 0.15) is 4.21 Å². The van der Waals surface area contributed by atoms with E-state index in [9.17, 15) is 18.0 Å². The van der Waals surface area contributed by atoms with Gasteiger partial charge in [0.15, 0.2) is 0 Å². The zero-order valence-electron chi connectivity index (χ0n) is 14.9. The van der Waals surface area contributed by atoms with Gasteiger partial charge in [-0.05, 0) is 42.5 Å². The van der Waals surface area contributed by atoms with Gasteiger partial charge in [-0.15, -0.1) is 23.1 Å². The highest BCUT2D eigenvalue weighted by molar-refractivity contribution is 8.00. The van der Waals surface area contributed by atoms with Crippen molar-refractivity contribution >= 4 is 50.6 Å². The number of piperidine rings is 1. The van der Waals surface area contributed by atoms with Gasteiger partial charge in [-0.1, -0.05) is 6.07 Å². The fourth-order valence-electron chi connectivity index (χ4n) is 3.29. The van der Waals surface area contributed by atoms with Crippen LogP contribution in [0, 0.1) is 0 Å². The third kappa shape index (κ3) is 4.09. The highest BCUT2D eigenvalue weighted by Gasteiger charge is 2.28. The van der Waals surface area contributed by atoms with Crippen molar-refractivity contribution in [3.05, 3.63) is 41.3 Å². The fraction of sp³-hybridized carbons (Fsp3) is 0.333. The Bertz CT molecular complexity index is 997. The van der Waals surface area contributed by atoms with Gasteiger partial charge in [0.05, 0.1) is 11.4 Å². The van der Waals surface area contributed by atoms with Crippen LogP contribution in [0.4, 0.5) is 5.69 Å².